The van der Waals surface area contributed by atoms with Crippen molar-refractivity contribution in [3.8, 4) is 0 Å². The Kier molecular flexibility index (Phi) is 3.86. The van der Waals surface area contributed by atoms with E-state index in [4.69, 9.17) is 4.84 Å². The lowest BCUT2D eigenvalue weighted by molar-refractivity contribution is -0.182. The van der Waals surface area contributed by atoms with Gasteiger partial charge in [0.15, 0.2) is 0 Å². The Morgan fingerprint density at radius 2 is 1.74 bits per heavy atom. The second-order valence-electron chi connectivity index (χ2n) is 8.58. The second kappa shape index (κ2) is 6.16. The Labute approximate surface area is 158 Å². The molecule has 0 N–H and O–H groups in total. The highest BCUT2D eigenvalue weighted by Gasteiger charge is 2.50. The van der Waals surface area contributed by atoms with Crippen LogP contribution in [0.2, 0.25) is 0 Å². The number of piperidine rings is 1. The minimum atomic E-state index is -0.597. The molecule has 2 heterocycles. The van der Waals surface area contributed by atoms with Crippen molar-refractivity contribution in [2.24, 2.45) is 11.3 Å². The Bertz CT molecular complexity index is 779. The molecule has 2 aliphatic heterocycles. The molecular weight excluding hydrogens is 344 g/mol. The molecule has 4 aliphatic rings. The van der Waals surface area contributed by atoms with Crippen molar-refractivity contribution in [1.82, 2.24) is 9.96 Å². The number of hydroxylamine groups is 2. The molecule has 0 spiro atoms. The predicted molar refractivity (Wildman–Crippen MR) is 96.6 cm³/mol. The maximum absolute atomic E-state index is 13.2. The van der Waals surface area contributed by atoms with E-state index < -0.39 is 23.2 Å². The molecule has 2 aliphatic carbocycles. The van der Waals surface area contributed by atoms with Crippen molar-refractivity contribution >= 4 is 17.8 Å². The van der Waals surface area contributed by atoms with Crippen molar-refractivity contribution in [3.63, 3.8) is 0 Å². The van der Waals surface area contributed by atoms with Gasteiger partial charge in [0.25, 0.3) is 11.8 Å². The van der Waals surface area contributed by atoms with Crippen LogP contribution in [0.25, 0.3) is 0 Å². The molecule has 1 aromatic rings. The lowest BCUT2D eigenvalue weighted by Gasteiger charge is -2.36. The van der Waals surface area contributed by atoms with Crippen LogP contribution in [0.5, 0.6) is 0 Å². The van der Waals surface area contributed by atoms with E-state index in [-0.39, 0.29) is 0 Å². The number of rotatable bonds is 4. The predicted octanol–water partition coefficient (Wildman–Crippen LogP) is 2.79. The van der Waals surface area contributed by atoms with E-state index in [1.807, 2.05) is 0 Å². The molecule has 2 saturated carbocycles. The molecule has 1 saturated heterocycles. The van der Waals surface area contributed by atoms with Gasteiger partial charge in [0.1, 0.15) is 0 Å². The first kappa shape index (κ1) is 16.9. The summed E-state index contributed by atoms with van der Waals surface area (Å²) in [6, 6.07) is 7.18. The first-order valence-electron chi connectivity index (χ1n) is 10.0. The number of amides is 2. The van der Waals surface area contributed by atoms with Crippen molar-refractivity contribution in [2.75, 3.05) is 13.1 Å². The van der Waals surface area contributed by atoms with E-state index >= 15 is 0 Å². The molecule has 0 aromatic heterocycles. The van der Waals surface area contributed by atoms with Gasteiger partial charge in [-0.05, 0) is 50.2 Å². The quantitative estimate of drug-likeness (QED) is 0.765. The van der Waals surface area contributed by atoms with Crippen LogP contribution in [0.4, 0.5) is 0 Å². The molecule has 6 heteroatoms. The van der Waals surface area contributed by atoms with E-state index in [0.29, 0.717) is 28.8 Å². The van der Waals surface area contributed by atoms with Crippen LogP contribution in [0.15, 0.2) is 24.3 Å². The summed E-state index contributed by atoms with van der Waals surface area (Å²) in [6.45, 7) is 1.75. The molecule has 1 aromatic carbocycles. The lowest BCUT2D eigenvalue weighted by Crippen LogP contribution is -2.47. The topological polar surface area (TPSA) is 66.9 Å². The summed E-state index contributed by atoms with van der Waals surface area (Å²) < 4.78 is 0. The van der Waals surface area contributed by atoms with Crippen LogP contribution in [-0.4, -0.2) is 46.9 Å². The Hall–Kier alpha value is -2.21. The van der Waals surface area contributed by atoms with Crippen LogP contribution in [0.3, 0.4) is 0 Å². The van der Waals surface area contributed by atoms with E-state index in [9.17, 15) is 14.4 Å². The van der Waals surface area contributed by atoms with E-state index in [2.05, 4.69) is 4.90 Å². The largest absolute Gasteiger partial charge is 0.340 e. The minimum Gasteiger partial charge on any atom is -0.329 e. The summed E-state index contributed by atoms with van der Waals surface area (Å²) in [5, 5.41) is 0.670. The number of hydrogen-bond donors (Lipinski definition) is 0. The number of hydrogen-bond acceptors (Lipinski definition) is 5. The van der Waals surface area contributed by atoms with E-state index in [1.54, 1.807) is 24.3 Å². The zero-order chi connectivity index (χ0) is 18.6. The monoisotopic (exact) mass is 368 g/mol. The van der Waals surface area contributed by atoms with Crippen LogP contribution in [0, 0.1) is 11.3 Å². The Morgan fingerprint density at radius 3 is 2.30 bits per heavy atom. The van der Waals surface area contributed by atoms with E-state index in [0.717, 1.165) is 38.1 Å². The summed E-state index contributed by atoms with van der Waals surface area (Å²) in [6.07, 6.45) is 7.26. The molecule has 5 rings (SSSR count). The fraction of sp³-hybridized carbons (Fsp3) is 0.571. The third-order valence-electron chi connectivity index (χ3n) is 6.95. The van der Waals surface area contributed by atoms with Gasteiger partial charge >= 0.3 is 5.97 Å². The van der Waals surface area contributed by atoms with Gasteiger partial charge < -0.3 is 4.84 Å². The van der Waals surface area contributed by atoms with Crippen LogP contribution in [-0.2, 0) is 9.63 Å². The zero-order valence-electron chi connectivity index (χ0n) is 15.4. The fourth-order valence-electron chi connectivity index (χ4n) is 5.52. The highest BCUT2D eigenvalue weighted by molar-refractivity contribution is 6.20. The van der Waals surface area contributed by atoms with Gasteiger partial charge in [0, 0.05) is 19.1 Å². The van der Waals surface area contributed by atoms with Gasteiger partial charge in [0.2, 0.25) is 0 Å². The molecule has 142 valence electrons. The smallest absolute Gasteiger partial charge is 0.329 e. The van der Waals surface area contributed by atoms with Crippen molar-refractivity contribution < 1.29 is 19.2 Å². The Balaban J connectivity index is 1.34. The van der Waals surface area contributed by atoms with Gasteiger partial charge in [-0.25, -0.2) is 4.79 Å². The average Bonchev–Trinajstić information content (AvgIpc) is 3.45. The molecule has 6 nitrogen and oxygen atoms in total. The molecular formula is C21H24N2O4. The fourth-order valence-corrected chi connectivity index (χ4v) is 5.52. The van der Waals surface area contributed by atoms with Gasteiger partial charge in [-0.1, -0.05) is 30.0 Å². The standard InChI is InChI=1S/C21H24N2O4/c24-18-16-5-1-2-6-17(16)19(25)23(18)27-20(26)21(9-3-4-10-21)13-22-12-14-7-8-15(22)11-14/h1-2,5-6,14-15H,3-4,7-13H2. The average molecular weight is 368 g/mol. The first-order chi connectivity index (χ1) is 13.1. The zero-order valence-corrected chi connectivity index (χ0v) is 15.4. The third-order valence-corrected chi connectivity index (χ3v) is 6.95. The summed E-state index contributed by atoms with van der Waals surface area (Å²) >= 11 is 0. The maximum atomic E-state index is 13.2. The second-order valence-corrected chi connectivity index (χ2v) is 8.58. The number of benzene rings is 1. The molecule has 2 unspecified atom stereocenters. The summed E-state index contributed by atoms with van der Waals surface area (Å²) in [5.74, 6) is -0.743. The molecule has 2 amide bonds. The molecule has 2 atom stereocenters. The van der Waals surface area contributed by atoms with Crippen molar-refractivity contribution in [1.29, 1.82) is 0 Å². The number of likely N-dealkylation sites (tertiary alicyclic amines) is 1. The Morgan fingerprint density at radius 1 is 1.07 bits per heavy atom. The van der Waals surface area contributed by atoms with Crippen molar-refractivity contribution in [2.45, 2.75) is 51.0 Å². The molecule has 27 heavy (non-hydrogen) atoms. The summed E-state index contributed by atoms with van der Waals surface area (Å²) in [7, 11) is 0. The van der Waals surface area contributed by atoms with Crippen LogP contribution >= 0.6 is 0 Å². The van der Waals surface area contributed by atoms with Gasteiger partial charge in [-0.2, -0.15) is 0 Å². The SMILES string of the molecule is O=C1c2ccccc2C(=O)N1OC(=O)C1(CN2CC3CCC2C3)CCCC1. The number of carbonyl (C=O) groups excluding carboxylic acids is 3. The van der Waals surface area contributed by atoms with Gasteiger partial charge in [0.05, 0.1) is 16.5 Å². The normalized spacial score (nSPS) is 28.8. The maximum Gasteiger partial charge on any atom is 0.340 e. The van der Waals surface area contributed by atoms with E-state index in [1.165, 1.54) is 19.3 Å². The third kappa shape index (κ3) is 2.61. The summed E-state index contributed by atoms with van der Waals surface area (Å²) in [4.78, 5) is 46.1. The summed E-state index contributed by atoms with van der Waals surface area (Å²) in [5.41, 5.74) is 0.0000469. The minimum absolute atomic E-state index is 0.299. The number of fused-ring (bicyclic) bond motifs is 3. The van der Waals surface area contributed by atoms with Crippen LogP contribution < -0.4 is 0 Å². The number of imide groups is 1. The number of nitrogens with zero attached hydrogens (tertiary/aromatic N) is 2. The molecule has 2 bridgehead atoms. The highest BCUT2D eigenvalue weighted by Crippen LogP contribution is 2.45. The van der Waals surface area contributed by atoms with Gasteiger partial charge in [-0.3, -0.25) is 14.5 Å². The van der Waals surface area contributed by atoms with Gasteiger partial charge in [-0.15, -0.1) is 0 Å². The van der Waals surface area contributed by atoms with Crippen LogP contribution in [0.1, 0.15) is 65.7 Å². The molecule has 0 radical (unpaired) electrons. The first-order valence-corrected chi connectivity index (χ1v) is 10.0. The van der Waals surface area contributed by atoms with Crippen molar-refractivity contribution in [3.05, 3.63) is 35.4 Å². The number of carbonyl (C=O) groups is 3. The highest BCUT2D eigenvalue weighted by atomic mass is 16.7. The molecule has 3 fully saturated rings. The lowest BCUT2D eigenvalue weighted by atomic mass is 9.85.